The number of hydrogen-bond acceptors (Lipinski definition) is 5. The zero-order valence-corrected chi connectivity index (χ0v) is 12.5. The summed E-state index contributed by atoms with van der Waals surface area (Å²) in [5.41, 5.74) is 1.02. The van der Waals surface area contributed by atoms with E-state index in [2.05, 4.69) is 10.2 Å². The summed E-state index contributed by atoms with van der Waals surface area (Å²) in [4.78, 5) is 2.34. The Kier molecular flexibility index (Phi) is 7.09. The first-order valence-corrected chi connectivity index (χ1v) is 6.68. The van der Waals surface area contributed by atoms with E-state index >= 15 is 0 Å². The molecule has 1 fully saturated rings. The maximum Gasteiger partial charge on any atom is 0.160 e. The number of aliphatic hydroxyl groups excluding tert-OH is 1. The molecule has 6 heteroatoms. The average Bonchev–Trinajstić information content (AvgIpc) is 2.45. The quantitative estimate of drug-likeness (QED) is 0.761. The molecule has 1 aromatic carbocycles. The van der Waals surface area contributed by atoms with Gasteiger partial charge in [0.1, 0.15) is 0 Å². The highest BCUT2D eigenvalue weighted by Crippen LogP contribution is 2.32. The molecule has 0 radical (unpaired) electrons. The fourth-order valence-electron chi connectivity index (χ4n) is 2.59. The Balaban J connectivity index is 0.00000200. The van der Waals surface area contributed by atoms with Crippen LogP contribution in [-0.2, 0) is 0 Å². The molecule has 0 amide bonds. The van der Waals surface area contributed by atoms with Crippen LogP contribution >= 0.6 is 12.4 Å². The zero-order chi connectivity index (χ0) is 13.7. The predicted octanol–water partition coefficient (Wildman–Crippen LogP) is 1.15. The smallest absolute Gasteiger partial charge is 0.160 e. The zero-order valence-electron chi connectivity index (χ0n) is 11.7. The lowest BCUT2D eigenvalue weighted by atomic mass is 10.0. The van der Waals surface area contributed by atoms with Gasteiger partial charge in [0.15, 0.2) is 11.5 Å². The number of ether oxygens (including phenoxy) is 1. The van der Waals surface area contributed by atoms with Gasteiger partial charge in [-0.15, -0.1) is 12.4 Å². The highest BCUT2D eigenvalue weighted by Gasteiger charge is 2.22. The first-order valence-electron chi connectivity index (χ1n) is 6.68. The number of rotatable bonds is 5. The lowest BCUT2D eigenvalue weighted by Crippen LogP contribution is -2.45. The number of halogens is 1. The number of benzene rings is 1. The summed E-state index contributed by atoms with van der Waals surface area (Å²) >= 11 is 0. The number of piperazine rings is 1. The summed E-state index contributed by atoms with van der Waals surface area (Å²) in [5.74, 6) is 0.630. The molecule has 114 valence electrons. The van der Waals surface area contributed by atoms with E-state index in [9.17, 15) is 10.2 Å². The molecule has 20 heavy (non-hydrogen) atoms. The van der Waals surface area contributed by atoms with E-state index in [0.717, 1.165) is 31.7 Å². The lowest BCUT2D eigenvalue weighted by Gasteiger charge is -2.35. The van der Waals surface area contributed by atoms with Crippen LogP contribution in [0.1, 0.15) is 18.0 Å². The van der Waals surface area contributed by atoms with Crippen LogP contribution in [0.15, 0.2) is 18.2 Å². The first-order chi connectivity index (χ1) is 9.26. The van der Waals surface area contributed by atoms with E-state index in [-0.39, 0.29) is 30.8 Å². The fraction of sp³-hybridized carbons (Fsp3) is 0.571. The molecule has 3 N–H and O–H groups in total. The molecule has 0 unspecified atom stereocenters. The van der Waals surface area contributed by atoms with Gasteiger partial charge in [-0.3, -0.25) is 4.90 Å². The number of nitrogens with one attached hydrogen (secondary N) is 1. The summed E-state index contributed by atoms with van der Waals surface area (Å²) < 4.78 is 5.06. The topological polar surface area (TPSA) is 65.0 Å². The van der Waals surface area contributed by atoms with E-state index < -0.39 is 0 Å². The number of aliphatic hydroxyl groups is 1. The van der Waals surface area contributed by atoms with Crippen LogP contribution in [0.5, 0.6) is 11.5 Å². The fourth-order valence-corrected chi connectivity index (χ4v) is 2.59. The average molecular weight is 303 g/mol. The highest BCUT2D eigenvalue weighted by atomic mass is 35.5. The van der Waals surface area contributed by atoms with Gasteiger partial charge in [0.25, 0.3) is 0 Å². The monoisotopic (exact) mass is 302 g/mol. The van der Waals surface area contributed by atoms with E-state index in [0.29, 0.717) is 12.2 Å². The number of aromatic hydroxyl groups is 1. The summed E-state index contributed by atoms with van der Waals surface area (Å²) in [6.45, 7) is 3.98. The van der Waals surface area contributed by atoms with E-state index in [1.165, 1.54) is 7.11 Å². The maximum absolute atomic E-state index is 9.89. The SMILES string of the molecule is COc1ccc([C@H](CCO)N2CCNCC2)cc1O.Cl. The maximum atomic E-state index is 9.89. The van der Waals surface area contributed by atoms with Crippen molar-refractivity contribution in [3.63, 3.8) is 0 Å². The van der Waals surface area contributed by atoms with E-state index in [1.54, 1.807) is 12.1 Å². The Morgan fingerprint density at radius 1 is 1.35 bits per heavy atom. The molecule has 0 aliphatic carbocycles. The van der Waals surface area contributed by atoms with Gasteiger partial charge in [-0.2, -0.15) is 0 Å². The number of phenolic OH excluding ortho intramolecular Hbond substituents is 1. The van der Waals surface area contributed by atoms with Crippen molar-refractivity contribution in [2.75, 3.05) is 39.9 Å². The molecule has 1 aliphatic heterocycles. The molecule has 1 aromatic rings. The normalized spacial score (nSPS) is 17.3. The Hall–Kier alpha value is -1.01. The number of phenols is 1. The molecule has 2 rings (SSSR count). The van der Waals surface area contributed by atoms with Crippen LogP contribution in [0.4, 0.5) is 0 Å². The van der Waals surface area contributed by atoms with Crippen molar-refractivity contribution in [2.24, 2.45) is 0 Å². The van der Waals surface area contributed by atoms with Crippen molar-refractivity contribution in [1.82, 2.24) is 10.2 Å². The van der Waals surface area contributed by atoms with Crippen LogP contribution < -0.4 is 10.1 Å². The molecule has 1 heterocycles. The van der Waals surface area contributed by atoms with Crippen molar-refractivity contribution in [3.05, 3.63) is 23.8 Å². The molecule has 0 aromatic heterocycles. The van der Waals surface area contributed by atoms with Crippen LogP contribution in [0, 0.1) is 0 Å². The summed E-state index contributed by atoms with van der Waals surface area (Å²) in [7, 11) is 1.54. The molecule has 1 aliphatic rings. The van der Waals surface area contributed by atoms with Gasteiger partial charge < -0.3 is 20.3 Å². The predicted molar refractivity (Wildman–Crippen MR) is 80.8 cm³/mol. The van der Waals surface area contributed by atoms with Gasteiger partial charge in [0, 0.05) is 38.8 Å². The molecular weight excluding hydrogens is 280 g/mol. The van der Waals surface area contributed by atoms with Crippen molar-refractivity contribution >= 4 is 12.4 Å². The van der Waals surface area contributed by atoms with Gasteiger partial charge in [-0.05, 0) is 24.1 Å². The minimum absolute atomic E-state index is 0. The molecule has 1 saturated heterocycles. The van der Waals surface area contributed by atoms with E-state index in [4.69, 9.17) is 4.74 Å². The Morgan fingerprint density at radius 3 is 2.60 bits per heavy atom. The van der Waals surface area contributed by atoms with Crippen molar-refractivity contribution in [3.8, 4) is 11.5 Å². The third-order valence-corrected chi connectivity index (χ3v) is 3.58. The van der Waals surface area contributed by atoms with Gasteiger partial charge in [-0.1, -0.05) is 6.07 Å². The lowest BCUT2D eigenvalue weighted by molar-refractivity contribution is 0.141. The molecule has 5 nitrogen and oxygen atoms in total. The number of hydrogen-bond donors (Lipinski definition) is 3. The Morgan fingerprint density at radius 2 is 2.05 bits per heavy atom. The second-order valence-corrected chi connectivity index (χ2v) is 4.75. The molecule has 0 spiro atoms. The Bertz CT molecular complexity index is 411. The number of nitrogens with zero attached hydrogens (tertiary/aromatic N) is 1. The van der Waals surface area contributed by atoms with Crippen LogP contribution in [0.3, 0.4) is 0 Å². The largest absolute Gasteiger partial charge is 0.504 e. The molecule has 0 saturated carbocycles. The molecular formula is C14H23ClN2O3. The highest BCUT2D eigenvalue weighted by molar-refractivity contribution is 5.85. The van der Waals surface area contributed by atoms with Crippen LogP contribution in [-0.4, -0.2) is 55.0 Å². The van der Waals surface area contributed by atoms with Crippen molar-refractivity contribution in [1.29, 1.82) is 0 Å². The van der Waals surface area contributed by atoms with Crippen LogP contribution in [0.2, 0.25) is 0 Å². The summed E-state index contributed by atoms with van der Waals surface area (Å²) in [6.07, 6.45) is 0.672. The third kappa shape index (κ3) is 3.99. The van der Waals surface area contributed by atoms with Gasteiger partial charge >= 0.3 is 0 Å². The van der Waals surface area contributed by atoms with Crippen molar-refractivity contribution < 1.29 is 14.9 Å². The van der Waals surface area contributed by atoms with E-state index in [1.807, 2.05) is 6.07 Å². The standard InChI is InChI=1S/C14H22N2O3.ClH/c1-19-14-3-2-11(10-13(14)18)12(4-9-17)16-7-5-15-6-8-16;/h2-3,10,12,15,17-18H,4-9H2,1H3;1H/t12-;/m0./s1. The summed E-state index contributed by atoms with van der Waals surface area (Å²) in [5, 5.41) is 22.5. The second kappa shape index (κ2) is 8.32. The first kappa shape index (κ1) is 17.0. The summed E-state index contributed by atoms with van der Waals surface area (Å²) in [6, 6.07) is 5.61. The minimum atomic E-state index is 0. The second-order valence-electron chi connectivity index (χ2n) is 4.75. The third-order valence-electron chi connectivity index (χ3n) is 3.58. The van der Waals surface area contributed by atoms with Crippen LogP contribution in [0.25, 0.3) is 0 Å². The molecule has 0 bridgehead atoms. The van der Waals surface area contributed by atoms with Crippen molar-refractivity contribution in [2.45, 2.75) is 12.5 Å². The van der Waals surface area contributed by atoms with Gasteiger partial charge in [0.05, 0.1) is 7.11 Å². The number of methoxy groups -OCH3 is 1. The van der Waals surface area contributed by atoms with Gasteiger partial charge in [-0.25, -0.2) is 0 Å². The molecule has 1 atom stereocenters. The Labute approximate surface area is 126 Å². The minimum Gasteiger partial charge on any atom is -0.504 e. The van der Waals surface area contributed by atoms with Gasteiger partial charge in [0.2, 0.25) is 0 Å².